The fourth-order valence-corrected chi connectivity index (χ4v) is 4.85. The lowest BCUT2D eigenvalue weighted by molar-refractivity contribution is 0.221. The smallest absolute Gasteiger partial charge is 0.160 e. The fourth-order valence-electron chi connectivity index (χ4n) is 4.85. The molecule has 0 fully saturated rings. The first-order valence-electron chi connectivity index (χ1n) is 11.7. The van der Waals surface area contributed by atoms with Crippen molar-refractivity contribution in [3.05, 3.63) is 94.5 Å². The van der Waals surface area contributed by atoms with Gasteiger partial charge < -0.3 is 39.7 Å². The minimum atomic E-state index is -0.632. The van der Waals surface area contributed by atoms with Crippen LogP contribution in [-0.2, 0) is 0 Å². The zero-order chi connectivity index (χ0) is 27.0. The van der Waals surface area contributed by atoms with E-state index in [2.05, 4.69) is 0 Å². The molecule has 0 radical (unpaired) electrons. The molecule has 1 aliphatic heterocycles. The standard InChI is InChI=1S/C30H26O8/c1-36-24-11-17(4-3-16-7-20(31)13-21(32)8-16)28-27(15-24)38-30(18-5-6-26(37-2)25(35)12-18)29(28)19-9-22(33)14-23(34)10-19/h3-15,29-35H,1-2H3. The number of ether oxygens (including phenoxy) is 3. The highest BCUT2D eigenvalue weighted by atomic mass is 16.5. The van der Waals surface area contributed by atoms with Crippen molar-refractivity contribution in [1.29, 1.82) is 0 Å². The molecule has 1 heterocycles. The number of rotatable bonds is 6. The van der Waals surface area contributed by atoms with Crippen molar-refractivity contribution < 1.29 is 39.7 Å². The van der Waals surface area contributed by atoms with Crippen molar-refractivity contribution >= 4 is 12.2 Å². The minimum absolute atomic E-state index is 0.0524. The molecule has 5 N–H and O–H groups in total. The van der Waals surface area contributed by atoms with Gasteiger partial charge in [-0.15, -0.1) is 0 Å². The third kappa shape index (κ3) is 4.71. The Morgan fingerprint density at radius 3 is 1.95 bits per heavy atom. The first-order valence-corrected chi connectivity index (χ1v) is 11.7. The maximum Gasteiger partial charge on any atom is 0.160 e. The van der Waals surface area contributed by atoms with Crippen molar-refractivity contribution in [3.8, 4) is 46.0 Å². The molecule has 0 amide bonds. The van der Waals surface area contributed by atoms with Gasteiger partial charge in [0.05, 0.1) is 20.1 Å². The molecule has 1 aliphatic rings. The number of fused-ring (bicyclic) bond motifs is 1. The van der Waals surface area contributed by atoms with E-state index >= 15 is 0 Å². The van der Waals surface area contributed by atoms with Gasteiger partial charge in [-0.25, -0.2) is 0 Å². The highest BCUT2D eigenvalue weighted by molar-refractivity contribution is 5.76. The average molecular weight is 515 g/mol. The van der Waals surface area contributed by atoms with Crippen LogP contribution in [-0.4, -0.2) is 39.8 Å². The molecule has 2 atom stereocenters. The van der Waals surface area contributed by atoms with Crippen LogP contribution in [0.1, 0.15) is 39.8 Å². The van der Waals surface area contributed by atoms with Crippen LogP contribution in [0.2, 0.25) is 0 Å². The van der Waals surface area contributed by atoms with Crippen LogP contribution in [0.4, 0.5) is 0 Å². The lowest BCUT2D eigenvalue weighted by Gasteiger charge is -2.22. The summed E-state index contributed by atoms with van der Waals surface area (Å²) in [6.45, 7) is 0. The van der Waals surface area contributed by atoms with Gasteiger partial charge in [0, 0.05) is 23.8 Å². The normalized spacial score (nSPS) is 16.3. The van der Waals surface area contributed by atoms with Crippen LogP contribution >= 0.6 is 0 Å². The number of benzene rings is 4. The Bertz CT molecular complexity index is 1500. The van der Waals surface area contributed by atoms with Crippen molar-refractivity contribution in [1.82, 2.24) is 0 Å². The zero-order valence-electron chi connectivity index (χ0n) is 20.6. The fraction of sp³-hybridized carbons (Fsp3) is 0.133. The van der Waals surface area contributed by atoms with E-state index in [1.54, 1.807) is 49.6 Å². The molecular weight excluding hydrogens is 488 g/mol. The van der Waals surface area contributed by atoms with Crippen LogP contribution in [0.25, 0.3) is 12.2 Å². The second-order valence-corrected chi connectivity index (χ2v) is 8.97. The van der Waals surface area contributed by atoms with Gasteiger partial charge in [-0.05, 0) is 64.7 Å². The second-order valence-electron chi connectivity index (χ2n) is 8.97. The Morgan fingerprint density at radius 2 is 1.34 bits per heavy atom. The number of aromatic hydroxyl groups is 5. The number of methoxy groups -OCH3 is 2. The third-order valence-electron chi connectivity index (χ3n) is 6.45. The van der Waals surface area contributed by atoms with Gasteiger partial charge in [0.15, 0.2) is 11.5 Å². The molecule has 4 aromatic carbocycles. The third-order valence-corrected chi connectivity index (χ3v) is 6.45. The van der Waals surface area contributed by atoms with E-state index in [4.69, 9.17) is 14.2 Å². The first-order chi connectivity index (χ1) is 18.2. The monoisotopic (exact) mass is 514 g/mol. The SMILES string of the molecule is COc1cc(C=Cc2cc(O)cc(O)c2)c2c(c1)OC(c1ccc(OC)c(O)c1)C2c1cc(O)cc(O)c1. The summed E-state index contributed by atoms with van der Waals surface area (Å²) in [7, 11) is 3.01. The van der Waals surface area contributed by atoms with Gasteiger partial charge in [-0.1, -0.05) is 18.2 Å². The number of phenols is 5. The Morgan fingerprint density at radius 1 is 0.684 bits per heavy atom. The Balaban J connectivity index is 1.69. The first kappa shape index (κ1) is 24.7. The van der Waals surface area contributed by atoms with E-state index in [1.807, 2.05) is 12.1 Å². The molecule has 8 heteroatoms. The predicted molar refractivity (Wildman–Crippen MR) is 141 cm³/mol. The van der Waals surface area contributed by atoms with Crippen molar-refractivity contribution in [2.45, 2.75) is 12.0 Å². The molecule has 38 heavy (non-hydrogen) atoms. The molecule has 0 bridgehead atoms. The Hall–Kier alpha value is -4.98. The van der Waals surface area contributed by atoms with Gasteiger partial charge in [-0.3, -0.25) is 0 Å². The average Bonchev–Trinajstić information content (AvgIpc) is 3.25. The van der Waals surface area contributed by atoms with Gasteiger partial charge in [0.25, 0.3) is 0 Å². The molecule has 194 valence electrons. The summed E-state index contributed by atoms with van der Waals surface area (Å²) < 4.78 is 17.1. The molecule has 8 nitrogen and oxygen atoms in total. The predicted octanol–water partition coefficient (Wildman–Crippen LogP) is 5.67. The van der Waals surface area contributed by atoms with E-state index in [1.165, 1.54) is 31.4 Å². The number of hydrogen-bond donors (Lipinski definition) is 5. The quantitative estimate of drug-likeness (QED) is 0.208. The van der Waals surface area contributed by atoms with E-state index in [-0.39, 0.29) is 28.7 Å². The molecule has 0 saturated heterocycles. The summed E-state index contributed by atoms with van der Waals surface area (Å²) in [6, 6.07) is 17.2. The summed E-state index contributed by atoms with van der Waals surface area (Å²) in [5.41, 5.74) is 3.30. The molecule has 0 spiro atoms. The highest BCUT2D eigenvalue weighted by Gasteiger charge is 2.39. The Kier molecular flexibility index (Phi) is 6.38. The van der Waals surface area contributed by atoms with Gasteiger partial charge >= 0.3 is 0 Å². The maximum atomic E-state index is 10.5. The maximum absolute atomic E-state index is 10.5. The molecular formula is C30H26O8. The van der Waals surface area contributed by atoms with E-state index in [0.717, 1.165) is 11.1 Å². The van der Waals surface area contributed by atoms with Crippen molar-refractivity contribution in [2.75, 3.05) is 14.2 Å². The van der Waals surface area contributed by atoms with Gasteiger partial charge in [0.1, 0.15) is 40.6 Å². The van der Waals surface area contributed by atoms with Crippen LogP contribution < -0.4 is 14.2 Å². The molecule has 2 unspecified atom stereocenters. The van der Waals surface area contributed by atoms with E-state index in [0.29, 0.717) is 33.9 Å². The van der Waals surface area contributed by atoms with Gasteiger partial charge in [-0.2, -0.15) is 0 Å². The van der Waals surface area contributed by atoms with Crippen LogP contribution in [0.15, 0.2) is 66.7 Å². The van der Waals surface area contributed by atoms with Crippen LogP contribution in [0, 0.1) is 0 Å². The largest absolute Gasteiger partial charge is 0.508 e. The summed E-state index contributed by atoms with van der Waals surface area (Å²) in [6.07, 6.45) is 2.91. The van der Waals surface area contributed by atoms with Crippen molar-refractivity contribution in [2.24, 2.45) is 0 Å². The lowest BCUT2D eigenvalue weighted by Crippen LogP contribution is -2.12. The van der Waals surface area contributed by atoms with Crippen LogP contribution in [0.3, 0.4) is 0 Å². The number of hydrogen-bond acceptors (Lipinski definition) is 8. The lowest BCUT2D eigenvalue weighted by atomic mass is 9.82. The molecule has 0 aliphatic carbocycles. The number of phenolic OH excluding ortho intramolecular Hbond substituents is 5. The second kappa shape index (κ2) is 9.82. The van der Waals surface area contributed by atoms with E-state index < -0.39 is 12.0 Å². The highest BCUT2D eigenvalue weighted by Crippen LogP contribution is 2.54. The van der Waals surface area contributed by atoms with Crippen LogP contribution in [0.5, 0.6) is 46.0 Å². The molecule has 0 saturated carbocycles. The van der Waals surface area contributed by atoms with Gasteiger partial charge in [0.2, 0.25) is 0 Å². The summed E-state index contributed by atoms with van der Waals surface area (Å²) >= 11 is 0. The Labute approximate surface area is 218 Å². The van der Waals surface area contributed by atoms with Crippen molar-refractivity contribution in [3.63, 3.8) is 0 Å². The molecule has 5 rings (SSSR count). The summed E-state index contributed by atoms with van der Waals surface area (Å²) in [5, 5.41) is 50.8. The summed E-state index contributed by atoms with van der Waals surface area (Å²) in [5.74, 6) is 0.468. The zero-order valence-corrected chi connectivity index (χ0v) is 20.6. The molecule has 4 aromatic rings. The molecule has 0 aromatic heterocycles. The topological polar surface area (TPSA) is 129 Å². The van der Waals surface area contributed by atoms with E-state index in [9.17, 15) is 25.5 Å². The minimum Gasteiger partial charge on any atom is -0.508 e. The summed E-state index contributed by atoms with van der Waals surface area (Å²) in [4.78, 5) is 0.